The number of nitrogens with one attached hydrogen (secondary N) is 1. The summed E-state index contributed by atoms with van der Waals surface area (Å²) < 4.78 is 11.7. The molecule has 0 unspecified atom stereocenters. The first-order valence-corrected chi connectivity index (χ1v) is 8.23. The molecule has 10 heteroatoms. The lowest BCUT2D eigenvalue weighted by atomic mass is 10.1. The Morgan fingerprint density at radius 1 is 1.42 bits per heavy atom. The maximum absolute atomic E-state index is 12.0. The van der Waals surface area contributed by atoms with Crippen LogP contribution in [0.3, 0.4) is 0 Å². The highest BCUT2D eigenvalue weighted by atomic mass is 35.5. The van der Waals surface area contributed by atoms with Crippen LogP contribution in [0.25, 0.3) is 11.6 Å². The third-order valence-corrected chi connectivity index (χ3v) is 3.82. The summed E-state index contributed by atoms with van der Waals surface area (Å²) in [5.74, 6) is 1.31. The molecule has 0 fully saturated rings. The summed E-state index contributed by atoms with van der Waals surface area (Å²) in [6, 6.07) is 5.26. The van der Waals surface area contributed by atoms with Crippen molar-refractivity contribution in [1.29, 1.82) is 0 Å². The molecule has 0 bridgehead atoms. The molecular formula is C16H17ClN6O3. The summed E-state index contributed by atoms with van der Waals surface area (Å²) in [5, 5.41) is 14.9. The van der Waals surface area contributed by atoms with Crippen LogP contribution in [0.5, 0.6) is 5.75 Å². The number of rotatable bonds is 7. The molecule has 1 N–H and O–H groups in total. The molecule has 0 saturated heterocycles. The van der Waals surface area contributed by atoms with E-state index in [0.717, 1.165) is 5.56 Å². The van der Waals surface area contributed by atoms with Crippen LogP contribution in [-0.4, -0.2) is 44.7 Å². The fourth-order valence-corrected chi connectivity index (χ4v) is 2.56. The molecule has 136 valence electrons. The second-order valence-corrected chi connectivity index (χ2v) is 5.92. The van der Waals surface area contributed by atoms with Gasteiger partial charge < -0.3 is 14.6 Å². The summed E-state index contributed by atoms with van der Waals surface area (Å²) in [4.78, 5) is 16.1. The average Bonchev–Trinajstić information content (AvgIpc) is 3.24. The molecule has 3 rings (SSSR count). The summed E-state index contributed by atoms with van der Waals surface area (Å²) in [6.07, 6.45) is 1.91. The number of carbonyl (C=O) groups excluding carboxylic acids is 1. The van der Waals surface area contributed by atoms with Crippen molar-refractivity contribution in [1.82, 2.24) is 30.5 Å². The summed E-state index contributed by atoms with van der Waals surface area (Å²) >= 11 is 6.06. The minimum absolute atomic E-state index is 0.112. The zero-order valence-electron chi connectivity index (χ0n) is 14.3. The Labute approximate surface area is 154 Å². The van der Waals surface area contributed by atoms with Crippen LogP contribution in [0.15, 0.2) is 28.9 Å². The lowest BCUT2D eigenvalue weighted by Crippen LogP contribution is -2.28. The fourth-order valence-electron chi connectivity index (χ4n) is 2.28. The smallest absolute Gasteiger partial charge is 0.280 e. The predicted octanol–water partition coefficient (Wildman–Crippen LogP) is 1.66. The third-order valence-electron chi connectivity index (χ3n) is 3.53. The minimum atomic E-state index is -0.112. The summed E-state index contributed by atoms with van der Waals surface area (Å²) in [7, 11) is 1.54. The molecule has 0 saturated carbocycles. The van der Waals surface area contributed by atoms with Crippen molar-refractivity contribution in [3.63, 3.8) is 0 Å². The van der Waals surface area contributed by atoms with Gasteiger partial charge in [0.15, 0.2) is 11.5 Å². The molecule has 0 radical (unpaired) electrons. The van der Waals surface area contributed by atoms with E-state index < -0.39 is 0 Å². The number of halogens is 1. The van der Waals surface area contributed by atoms with E-state index in [1.807, 2.05) is 0 Å². The van der Waals surface area contributed by atoms with Crippen LogP contribution in [0, 0.1) is 6.92 Å². The number of carbonyl (C=O) groups is 1. The number of aryl methyl sites for hydroxylation is 1. The van der Waals surface area contributed by atoms with Gasteiger partial charge in [0.25, 0.3) is 5.89 Å². The van der Waals surface area contributed by atoms with E-state index >= 15 is 0 Å². The van der Waals surface area contributed by atoms with Crippen LogP contribution in [0.2, 0.25) is 5.02 Å². The summed E-state index contributed by atoms with van der Waals surface area (Å²) in [5.41, 5.74) is 1.30. The number of methoxy groups -OCH3 is 1. The molecule has 2 aromatic heterocycles. The van der Waals surface area contributed by atoms with E-state index in [0.29, 0.717) is 41.3 Å². The Kier molecular flexibility index (Phi) is 5.47. The number of aromatic nitrogens is 5. The SMILES string of the molecule is COc1ccc(CC(=O)NCCn2cc(-c3nc(C)no3)nn2)cc1Cl. The zero-order valence-corrected chi connectivity index (χ0v) is 15.0. The molecule has 2 heterocycles. The van der Waals surface area contributed by atoms with Gasteiger partial charge in [-0.25, -0.2) is 4.68 Å². The van der Waals surface area contributed by atoms with Gasteiger partial charge in [-0.05, 0) is 24.6 Å². The predicted molar refractivity (Wildman–Crippen MR) is 92.8 cm³/mol. The maximum Gasteiger partial charge on any atom is 0.280 e. The van der Waals surface area contributed by atoms with Gasteiger partial charge in [0.05, 0.1) is 31.3 Å². The fraction of sp³-hybridized carbons (Fsp3) is 0.312. The van der Waals surface area contributed by atoms with Gasteiger partial charge in [-0.1, -0.05) is 28.0 Å². The first kappa shape index (κ1) is 17.9. The molecule has 1 aromatic carbocycles. The van der Waals surface area contributed by atoms with Crippen LogP contribution < -0.4 is 10.1 Å². The zero-order chi connectivity index (χ0) is 18.5. The molecule has 9 nitrogen and oxygen atoms in total. The number of amides is 1. The number of hydrogen-bond donors (Lipinski definition) is 1. The largest absolute Gasteiger partial charge is 0.495 e. The minimum Gasteiger partial charge on any atom is -0.495 e. The second-order valence-electron chi connectivity index (χ2n) is 5.51. The van der Waals surface area contributed by atoms with E-state index in [-0.39, 0.29) is 12.3 Å². The number of nitrogens with zero attached hydrogens (tertiary/aromatic N) is 5. The normalized spacial score (nSPS) is 10.7. The Balaban J connectivity index is 1.48. The third kappa shape index (κ3) is 4.37. The topological polar surface area (TPSA) is 108 Å². The van der Waals surface area contributed by atoms with Crippen molar-refractivity contribution < 1.29 is 14.1 Å². The molecule has 26 heavy (non-hydrogen) atoms. The van der Waals surface area contributed by atoms with Crippen molar-refractivity contribution in [2.24, 2.45) is 0 Å². The Bertz CT molecular complexity index is 907. The highest BCUT2D eigenvalue weighted by molar-refractivity contribution is 6.32. The quantitative estimate of drug-likeness (QED) is 0.667. The van der Waals surface area contributed by atoms with Gasteiger partial charge in [0.2, 0.25) is 5.91 Å². The van der Waals surface area contributed by atoms with Crippen LogP contribution >= 0.6 is 11.6 Å². The van der Waals surface area contributed by atoms with Gasteiger partial charge in [0, 0.05) is 6.54 Å². The standard InChI is InChI=1S/C16H17ClN6O3/c1-10-19-16(26-21-10)13-9-23(22-20-13)6-5-18-15(24)8-11-3-4-14(25-2)12(17)7-11/h3-4,7,9H,5-6,8H2,1-2H3,(H,18,24). The first-order valence-electron chi connectivity index (χ1n) is 7.85. The van der Waals surface area contributed by atoms with E-state index in [1.165, 1.54) is 0 Å². The Morgan fingerprint density at radius 2 is 2.27 bits per heavy atom. The molecule has 0 aliphatic carbocycles. The number of benzene rings is 1. The van der Waals surface area contributed by atoms with Crippen molar-refractivity contribution in [3.05, 3.63) is 40.8 Å². The van der Waals surface area contributed by atoms with Gasteiger partial charge in [0.1, 0.15) is 5.75 Å². The van der Waals surface area contributed by atoms with Crippen molar-refractivity contribution >= 4 is 17.5 Å². The van der Waals surface area contributed by atoms with Crippen LogP contribution in [-0.2, 0) is 17.8 Å². The molecule has 0 aliphatic heterocycles. The maximum atomic E-state index is 12.0. The van der Waals surface area contributed by atoms with E-state index in [4.69, 9.17) is 20.9 Å². The van der Waals surface area contributed by atoms with Crippen LogP contribution in [0.1, 0.15) is 11.4 Å². The highest BCUT2D eigenvalue weighted by Gasteiger charge is 2.11. The number of hydrogen-bond acceptors (Lipinski definition) is 7. The van der Waals surface area contributed by atoms with Gasteiger partial charge in [-0.15, -0.1) is 5.10 Å². The van der Waals surface area contributed by atoms with E-state index in [1.54, 1.807) is 43.1 Å². The number of ether oxygens (including phenoxy) is 1. The monoisotopic (exact) mass is 376 g/mol. The van der Waals surface area contributed by atoms with Crippen molar-refractivity contribution in [2.75, 3.05) is 13.7 Å². The molecule has 0 spiro atoms. The molecule has 1 amide bonds. The Morgan fingerprint density at radius 3 is 2.96 bits per heavy atom. The summed E-state index contributed by atoms with van der Waals surface area (Å²) in [6.45, 7) is 2.60. The van der Waals surface area contributed by atoms with Gasteiger partial charge in [-0.2, -0.15) is 4.98 Å². The molecule has 0 aliphatic rings. The first-order chi connectivity index (χ1) is 12.5. The lowest BCUT2D eigenvalue weighted by molar-refractivity contribution is -0.120. The van der Waals surface area contributed by atoms with Gasteiger partial charge >= 0.3 is 0 Å². The van der Waals surface area contributed by atoms with Crippen LogP contribution in [0.4, 0.5) is 0 Å². The van der Waals surface area contributed by atoms with Gasteiger partial charge in [-0.3, -0.25) is 4.79 Å². The van der Waals surface area contributed by atoms with E-state index in [9.17, 15) is 4.79 Å². The van der Waals surface area contributed by atoms with E-state index in [2.05, 4.69) is 25.8 Å². The van der Waals surface area contributed by atoms with Crippen molar-refractivity contribution in [3.8, 4) is 17.3 Å². The highest BCUT2D eigenvalue weighted by Crippen LogP contribution is 2.25. The molecular weight excluding hydrogens is 360 g/mol. The molecule has 0 atom stereocenters. The molecule has 3 aromatic rings. The second kappa shape index (κ2) is 7.96. The average molecular weight is 377 g/mol. The lowest BCUT2D eigenvalue weighted by Gasteiger charge is -2.07. The van der Waals surface area contributed by atoms with Crippen molar-refractivity contribution in [2.45, 2.75) is 19.9 Å². The Hall–Kier alpha value is -2.94.